The van der Waals surface area contributed by atoms with E-state index in [1.54, 1.807) is 0 Å². The minimum Gasteiger partial charge on any atom is -0.367 e. The number of rotatable bonds is 6. The van der Waals surface area contributed by atoms with E-state index in [4.69, 9.17) is 4.74 Å². The van der Waals surface area contributed by atoms with Crippen molar-refractivity contribution in [2.24, 2.45) is 10.2 Å². The molecule has 0 fully saturated rings. The Labute approximate surface area is 129 Å². The van der Waals surface area contributed by atoms with Crippen molar-refractivity contribution in [3.05, 3.63) is 35.5 Å². The third-order valence-corrected chi connectivity index (χ3v) is 3.37. The summed E-state index contributed by atoms with van der Waals surface area (Å²) in [5.74, 6) is 0. The van der Waals surface area contributed by atoms with Crippen LogP contribution < -0.4 is 0 Å². The predicted molar refractivity (Wildman–Crippen MR) is 92.1 cm³/mol. The molecular weight excluding hydrogens is 260 g/mol. The van der Waals surface area contributed by atoms with E-state index in [1.165, 1.54) is 5.57 Å². The lowest BCUT2D eigenvalue weighted by Gasteiger charge is -2.22. The van der Waals surface area contributed by atoms with Gasteiger partial charge in [0.25, 0.3) is 0 Å². The number of ether oxygens (including phenoxy) is 1. The molecule has 1 aliphatic rings. The van der Waals surface area contributed by atoms with Gasteiger partial charge in [0.15, 0.2) is 0 Å². The van der Waals surface area contributed by atoms with Crippen LogP contribution in [-0.4, -0.2) is 23.6 Å². The second-order valence-electron chi connectivity index (χ2n) is 5.44. The van der Waals surface area contributed by atoms with Gasteiger partial charge in [-0.05, 0) is 57.8 Å². The summed E-state index contributed by atoms with van der Waals surface area (Å²) in [4.78, 5) is 0. The first kappa shape index (κ1) is 17.6. The maximum atomic E-state index is 5.90. The summed E-state index contributed by atoms with van der Waals surface area (Å²) >= 11 is 0. The van der Waals surface area contributed by atoms with E-state index >= 15 is 0 Å². The fourth-order valence-corrected chi connectivity index (χ4v) is 2.01. The molecule has 3 heteroatoms. The largest absolute Gasteiger partial charge is 0.367 e. The molecule has 0 aromatic rings. The smallest absolute Gasteiger partial charge is 0.101 e. The van der Waals surface area contributed by atoms with Gasteiger partial charge in [0.2, 0.25) is 0 Å². The van der Waals surface area contributed by atoms with Crippen LogP contribution in [0.3, 0.4) is 0 Å². The van der Waals surface area contributed by atoms with E-state index in [0.29, 0.717) is 0 Å². The maximum absolute atomic E-state index is 5.90. The summed E-state index contributed by atoms with van der Waals surface area (Å²) in [6.45, 7) is 12.4. The van der Waals surface area contributed by atoms with Crippen LogP contribution in [0.15, 0.2) is 45.7 Å². The number of allylic oxidation sites excluding steroid dienone is 3. The summed E-state index contributed by atoms with van der Waals surface area (Å²) < 4.78 is 5.90. The molecule has 0 saturated carbocycles. The molecule has 116 valence electrons. The standard InChI is InChI=1S/C18H28N2O/c1-7-14(6)19-20-17(9-3)16-10-11-18(21-13(4)5)15(8-2)12-16/h8,10-13,18H,7,9H2,1-6H3. The normalized spacial score (nSPS) is 22.1. The van der Waals surface area contributed by atoms with Crippen molar-refractivity contribution < 1.29 is 4.74 Å². The molecule has 0 aliphatic heterocycles. The van der Waals surface area contributed by atoms with Gasteiger partial charge in [0.05, 0.1) is 11.8 Å². The van der Waals surface area contributed by atoms with Gasteiger partial charge in [-0.1, -0.05) is 32.1 Å². The lowest BCUT2D eigenvalue weighted by molar-refractivity contribution is 0.0564. The fourth-order valence-electron chi connectivity index (χ4n) is 2.01. The van der Waals surface area contributed by atoms with Crippen LogP contribution in [0, 0.1) is 0 Å². The molecule has 1 rings (SSSR count). The average Bonchev–Trinajstić information content (AvgIpc) is 2.48. The van der Waals surface area contributed by atoms with E-state index in [9.17, 15) is 0 Å². The highest BCUT2D eigenvalue weighted by Gasteiger charge is 2.17. The molecule has 0 heterocycles. The zero-order chi connectivity index (χ0) is 15.8. The predicted octanol–water partition coefficient (Wildman–Crippen LogP) is 4.86. The van der Waals surface area contributed by atoms with E-state index in [2.05, 4.69) is 62.2 Å². The second-order valence-corrected chi connectivity index (χ2v) is 5.44. The number of hydrogen-bond acceptors (Lipinski definition) is 3. The van der Waals surface area contributed by atoms with Crippen LogP contribution in [-0.2, 0) is 4.74 Å². The van der Waals surface area contributed by atoms with Crippen LogP contribution in [0.25, 0.3) is 0 Å². The van der Waals surface area contributed by atoms with Crippen molar-refractivity contribution in [3.8, 4) is 0 Å². The molecule has 0 bridgehead atoms. The molecule has 0 aromatic heterocycles. The van der Waals surface area contributed by atoms with Crippen LogP contribution in [0.1, 0.15) is 54.4 Å². The molecule has 1 unspecified atom stereocenters. The Morgan fingerprint density at radius 3 is 2.52 bits per heavy atom. The lowest BCUT2D eigenvalue weighted by atomic mass is 9.95. The second kappa shape index (κ2) is 8.73. The molecule has 21 heavy (non-hydrogen) atoms. The Kier molecular flexibility index (Phi) is 7.30. The summed E-state index contributed by atoms with van der Waals surface area (Å²) in [6, 6.07) is 0. The Morgan fingerprint density at radius 2 is 2.00 bits per heavy atom. The van der Waals surface area contributed by atoms with Gasteiger partial charge in [0.1, 0.15) is 6.10 Å². The molecule has 0 radical (unpaired) electrons. The minimum atomic E-state index is 0.0396. The van der Waals surface area contributed by atoms with Crippen LogP contribution in [0.4, 0.5) is 0 Å². The van der Waals surface area contributed by atoms with Crippen molar-refractivity contribution in [1.82, 2.24) is 0 Å². The first-order valence-corrected chi connectivity index (χ1v) is 7.83. The Balaban J connectivity index is 2.99. The number of hydrogen-bond donors (Lipinski definition) is 0. The highest BCUT2D eigenvalue weighted by molar-refractivity contribution is 6.03. The molecule has 0 saturated heterocycles. The summed E-state index contributed by atoms with van der Waals surface area (Å²) in [5, 5.41) is 8.69. The van der Waals surface area contributed by atoms with Gasteiger partial charge in [-0.25, -0.2) is 0 Å². The molecule has 1 atom stereocenters. The van der Waals surface area contributed by atoms with Gasteiger partial charge >= 0.3 is 0 Å². The first-order valence-electron chi connectivity index (χ1n) is 7.83. The zero-order valence-electron chi connectivity index (χ0n) is 14.2. The summed E-state index contributed by atoms with van der Waals surface area (Å²) in [6.07, 6.45) is 10.5. The molecule has 0 amide bonds. The van der Waals surface area contributed by atoms with Crippen LogP contribution in [0.2, 0.25) is 0 Å². The highest BCUT2D eigenvalue weighted by Crippen LogP contribution is 2.22. The van der Waals surface area contributed by atoms with E-state index in [1.807, 2.05) is 13.8 Å². The topological polar surface area (TPSA) is 34.0 Å². The Hall–Kier alpha value is -1.48. The molecule has 0 aromatic carbocycles. The van der Waals surface area contributed by atoms with E-state index in [-0.39, 0.29) is 12.2 Å². The fraction of sp³-hybridized carbons (Fsp3) is 0.556. The first-order chi connectivity index (χ1) is 10.0. The molecule has 0 N–H and O–H groups in total. The van der Waals surface area contributed by atoms with Gasteiger partial charge in [-0.2, -0.15) is 10.2 Å². The van der Waals surface area contributed by atoms with Crippen molar-refractivity contribution in [3.63, 3.8) is 0 Å². The zero-order valence-corrected chi connectivity index (χ0v) is 14.2. The highest BCUT2D eigenvalue weighted by atomic mass is 16.5. The SMILES string of the molecule is CC=C1C=C(C(CC)=NN=C(C)CC)C=CC1OC(C)C. The monoisotopic (exact) mass is 288 g/mol. The summed E-state index contributed by atoms with van der Waals surface area (Å²) in [5.41, 5.74) is 4.37. The van der Waals surface area contributed by atoms with Gasteiger partial charge in [-0.15, -0.1) is 0 Å². The molecular formula is C18H28N2O. The third kappa shape index (κ3) is 5.43. The van der Waals surface area contributed by atoms with Gasteiger partial charge < -0.3 is 4.74 Å². The molecule has 0 spiro atoms. The lowest BCUT2D eigenvalue weighted by Crippen LogP contribution is -2.20. The minimum absolute atomic E-state index is 0.0396. The quantitative estimate of drug-likeness (QED) is 0.507. The Morgan fingerprint density at radius 1 is 1.29 bits per heavy atom. The molecule has 1 aliphatic carbocycles. The van der Waals surface area contributed by atoms with E-state index in [0.717, 1.165) is 29.8 Å². The van der Waals surface area contributed by atoms with Crippen molar-refractivity contribution >= 4 is 11.4 Å². The molecule has 3 nitrogen and oxygen atoms in total. The maximum Gasteiger partial charge on any atom is 0.101 e. The average molecular weight is 288 g/mol. The van der Waals surface area contributed by atoms with Crippen LogP contribution >= 0.6 is 0 Å². The van der Waals surface area contributed by atoms with Crippen molar-refractivity contribution in [1.29, 1.82) is 0 Å². The Bertz CT molecular complexity index is 493. The third-order valence-electron chi connectivity index (χ3n) is 3.37. The van der Waals surface area contributed by atoms with E-state index < -0.39 is 0 Å². The van der Waals surface area contributed by atoms with Crippen LogP contribution in [0.5, 0.6) is 0 Å². The van der Waals surface area contributed by atoms with Gasteiger partial charge in [0, 0.05) is 5.71 Å². The van der Waals surface area contributed by atoms with Gasteiger partial charge in [-0.3, -0.25) is 0 Å². The van der Waals surface area contributed by atoms with Crippen molar-refractivity contribution in [2.45, 2.75) is 66.6 Å². The number of nitrogens with zero attached hydrogens (tertiary/aromatic N) is 2. The summed E-state index contributed by atoms with van der Waals surface area (Å²) in [7, 11) is 0. The van der Waals surface area contributed by atoms with Crippen molar-refractivity contribution in [2.75, 3.05) is 0 Å².